The van der Waals surface area contributed by atoms with Gasteiger partial charge in [0, 0.05) is 12.6 Å². The molecule has 1 aliphatic carbocycles. The van der Waals surface area contributed by atoms with Crippen LogP contribution in [0.15, 0.2) is 12.2 Å². The molecule has 0 heterocycles. The molecule has 3 atom stereocenters. The average molecular weight is 225 g/mol. The summed E-state index contributed by atoms with van der Waals surface area (Å²) in [5, 5.41) is 0. The molecule has 0 amide bonds. The van der Waals surface area contributed by atoms with Crippen LogP contribution in [0.2, 0.25) is 0 Å². The van der Waals surface area contributed by atoms with Crippen LogP contribution in [0.1, 0.15) is 52.9 Å². The van der Waals surface area contributed by atoms with Crippen molar-refractivity contribution in [2.45, 2.75) is 64.5 Å². The zero-order valence-electron chi connectivity index (χ0n) is 11.1. The molecule has 0 aromatic carbocycles. The second kappa shape index (κ2) is 5.83. The van der Waals surface area contributed by atoms with Crippen molar-refractivity contribution in [2.24, 2.45) is 11.7 Å². The van der Waals surface area contributed by atoms with Crippen LogP contribution in [0.4, 0.5) is 0 Å². The fraction of sp³-hybridized carbons (Fsp3) is 0.857. The van der Waals surface area contributed by atoms with Crippen LogP contribution >= 0.6 is 0 Å². The van der Waals surface area contributed by atoms with Gasteiger partial charge in [-0.25, -0.2) is 0 Å². The van der Waals surface area contributed by atoms with E-state index in [1.54, 1.807) is 0 Å². The molecule has 0 spiro atoms. The van der Waals surface area contributed by atoms with Gasteiger partial charge in [-0.1, -0.05) is 25.3 Å². The van der Waals surface area contributed by atoms with Crippen molar-refractivity contribution in [3.8, 4) is 0 Å². The fourth-order valence-electron chi connectivity index (χ4n) is 2.97. The standard InChI is InChI=1S/C14H27NO/c1-5-16-14(13(15)9-11(2)3)8-6-7-12(4)10-14/h12-13H,2,5-10,15H2,1,3-4H3. The molecule has 3 unspecified atom stereocenters. The Morgan fingerprint density at radius 3 is 2.81 bits per heavy atom. The minimum absolute atomic E-state index is 0.0919. The van der Waals surface area contributed by atoms with Crippen LogP contribution in [-0.4, -0.2) is 18.2 Å². The van der Waals surface area contributed by atoms with Gasteiger partial charge in [-0.05, 0) is 39.0 Å². The third-order valence-electron chi connectivity index (χ3n) is 3.67. The molecule has 0 aliphatic heterocycles. The Morgan fingerprint density at radius 2 is 2.31 bits per heavy atom. The summed E-state index contributed by atoms with van der Waals surface area (Å²) in [5.41, 5.74) is 7.41. The van der Waals surface area contributed by atoms with E-state index in [1.165, 1.54) is 12.8 Å². The van der Waals surface area contributed by atoms with Crippen molar-refractivity contribution in [1.82, 2.24) is 0 Å². The molecule has 0 radical (unpaired) electrons. The number of hydrogen-bond acceptors (Lipinski definition) is 2. The number of hydrogen-bond donors (Lipinski definition) is 1. The molecule has 94 valence electrons. The van der Waals surface area contributed by atoms with Crippen LogP contribution in [-0.2, 0) is 4.74 Å². The smallest absolute Gasteiger partial charge is 0.0838 e. The lowest BCUT2D eigenvalue weighted by molar-refractivity contribution is -0.0924. The maximum absolute atomic E-state index is 6.35. The maximum atomic E-state index is 6.35. The summed E-state index contributed by atoms with van der Waals surface area (Å²) < 4.78 is 6.04. The summed E-state index contributed by atoms with van der Waals surface area (Å²) >= 11 is 0. The molecule has 0 bridgehead atoms. The first-order chi connectivity index (χ1) is 7.50. The summed E-state index contributed by atoms with van der Waals surface area (Å²) in [5.74, 6) is 0.733. The monoisotopic (exact) mass is 225 g/mol. The maximum Gasteiger partial charge on any atom is 0.0838 e. The van der Waals surface area contributed by atoms with Gasteiger partial charge in [0.25, 0.3) is 0 Å². The molecule has 16 heavy (non-hydrogen) atoms. The van der Waals surface area contributed by atoms with E-state index in [0.717, 1.165) is 37.4 Å². The van der Waals surface area contributed by atoms with E-state index < -0.39 is 0 Å². The van der Waals surface area contributed by atoms with Crippen molar-refractivity contribution in [3.05, 3.63) is 12.2 Å². The van der Waals surface area contributed by atoms with E-state index in [-0.39, 0.29) is 11.6 Å². The lowest BCUT2D eigenvalue weighted by atomic mass is 9.73. The van der Waals surface area contributed by atoms with E-state index in [2.05, 4.69) is 20.4 Å². The van der Waals surface area contributed by atoms with Crippen LogP contribution < -0.4 is 5.73 Å². The Labute approximate surface area is 100 Å². The zero-order chi connectivity index (χ0) is 12.2. The fourth-order valence-corrected chi connectivity index (χ4v) is 2.97. The minimum Gasteiger partial charge on any atom is -0.374 e. The van der Waals surface area contributed by atoms with Crippen molar-refractivity contribution >= 4 is 0 Å². The Bertz CT molecular complexity index is 235. The lowest BCUT2D eigenvalue weighted by Gasteiger charge is -2.44. The molecule has 1 rings (SSSR count). The molecule has 2 nitrogen and oxygen atoms in total. The largest absolute Gasteiger partial charge is 0.374 e. The van der Waals surface area contributed by atoms with Gasteiger partial charge in [-0.2, -0.15) is 0 Å². The van der Waals surface area contributed by atoms with Crippen molar-refractivity contribution in [2.75, 3.05) is 6.61 Å². The van der Waals surface area contributed by atoms with Crippen molar-refractivity contribution in [1.29, 1.82) is 0 Å². The molecule has 0 aromatic heterocycles. The van der Waals surface area contributed by atoms with Gasteiger partial charge < -0.3 is 10.5 Å². The summed E-state index contributed by atoms with van der Waals surface area (Å²) in [6, 6.07) is 0.104. The van der Waals surface area contributed by atoms with E-state index in [4.69, 9.17) is 10.5 Å². The molecule has 0 aromatic rings. The van der Waals surface area contributed by atoms with Gasteiger partial charge in [-0.15, -0.1) is 6.58 Å². The Morgan fingerprint density at radius 1 is 1.62 bits per heavy atom. The summed E-state index contributed by atoms with van der Waals surface area (Å²) in [6.45, 7) is 11.1. The Hall–Kier alpha value is -0.340. The summed E-state index contributed by atoms with van der Waals surface area (Å²) in [7, 11) is 0. The van der Waals surface area contributed by atoms with Crippen LogP contribution in [0, 0.1) is 5.92 Å². The van der Waals surface area contributed by atoms with E-state index in [1.807, 2.05) is 6.92 Å². The predicted molar refractivity (Wildman–Crippen MR) is 69.4 cm³/mol. The third kappa shape index (κ3) is 3.33. The normalized spacial score (nSPS) is 32.4. The van der Waals surface area contributed by atoms with Crippen LogP contribution in [0.25, 0.3) is 0 Å². The average Bonchev–Trinajstić information content (AvgIpc) is 2.17. The SMILES string of the molecule is C=C(C)CC(N)C1(OCC)CCCC(C)C1. The molecular formula is C14H27NO. The molecule has 2 N–H and O–H groups in total. The van der Waals surface area contributed by atoms with Crippen LogP contribution in [0.5, 0.6) is 0 Å². The second-order valence-corrected chi connectivity index (χ2v) is 5.47. The summed E-state index contributed by atoms with van der Waals surface area (Å²) in [4.78, 5) is 0. The first-order valence-corrected chi connectivity index (χ1v) is 6.54. The quantitative estimate of drug-likeness (QED) is 0.729. The number of ether oxygens (including phenoxy) is 1. The van der Waals surface area contributed by atoms with Gasteiger partial charge in [0.2, 0.25) is 0 Å². The van der Waals surface area contributed by atoms with Gasteiger partial charge in [0.15, 0.2) is 0 Å². The van der Waals surface area contributed by atoms with E-state index in [9.17, 15) is 0 Å². The van der Waals surface area contributed by atoms with E-state index >= 15 is 0 Å². The third-order valence-corrected chi connectivity index (χ3v) is 3.67. The second-order valence-electron chi connectivity index (χ2n) is 5.47. The van der Waals surface area contributed by atoms with Gasteiger partial charge >= 0.3 is 0 Å². The Balaban J connectivity index is 2.73. The highest BCUT2D eigenvalue weighted by Gasteiger charge is 2.40. The highest BCUT2D eigenvalue weighted by molar-refractivity contribution is 5.02. The number of nitrogens with two attached hydrogens (primary N) is 1. The first-order valence-electron chi connectivity index (χ1n) is 6.54. The molecule has 1 fully saturated rings. The summed E-state index contributed by atoms with van der Waals surface area (Å²) in [6.07, 6.45) is 5.65. The molecule has 1 saturated carbocycles. The highest BCUT2D eigenvalue weighted by atomic mass is 16.5. The minimum atomic E-state index is -0.0919. The number of rotatable bonds is 5. The van der Waals surface area contributed by atoms with E-state index in [0.29, 0.717) is 0 Å². The van der Waals surface area contributed by atoms with Gasteiger partial charge in [-0.3, -0.25) is 0 Å². The zero-order valence-corrected chi connectivity index (χ0v) is 11.1. The Kier molecular flexibility index (Phi) is 5.00. The van der Waals surface area contributed by atoms with Crippen molar-refractivity contribution in [3.63, 3.8) is 0 Å². The van der Waals surface area contributed by atoms with Crippen molar-refractivity contribution < 1.29 is 4.74 Å². The lowest BCUT2D eigenvalue weighted by Crippen LogP contribution is -2.52. The van der Waals surface area contributed by atoms with Crippen LogP contribution in [0.3, 0.4) is 0 Å². The molecule has 2 heteroatoms. The van der Waals surface area contributed by atoms with Gasteiger partial charge in [0.1, 0.15) is 0 Å². The predicted octanol–water partition coefficient (Wildman–Crippen LogP) is 3.27. The van der Waals surface area contributed by atoms with Gasteiger partial charge in [0.05, 0.1) is 5.60 Å². The molecule has 1 aliphatic rings. The highest BCUT2D eigenvalue weighted by Crippen LogP contribution is 2.38. The topological polar surface area (TPSA) is 35.2 Å². The molecule has 0 saturated heterocycles. The molecular weight excluding hydrogens is 198 g/mol. The first kappa shape index (κ1) is 13.7.